The van der Waals surface area contributed by atoms with E-state index in [1.807, 2.05) is 18.2 Å². The van der Waals surface area contributed by atoms with Crippen molar-refractivity contribution in [2.24, 2.45) is 0 Å². The quantitative estimate of drug-likeness (QED) is 0.808. The highest BCUT2D eigenvalue weighted by Crippen LogP contribution is 2.14. The van der Waals surface area contributed by atoms with Gasteiger partial charge in [-0.25, -0.2) is 4.98 Å². The number of rotatable bonds is 3. The van der Waals surface area contributed by atoms with Gasteiger partial charge in [-0.05, 0) is 36.4 Å². The van der Waals surface area contributed by atoms with E-state index in [0.29, 0.717) is 16.4 Å². The van der Waals surface area contributed by atoms with Gasteiger partial charge in [-0.2, -0.15) is 0 Å². The first-order chi connectivity index (χ1) is 9.09. The van der Waals surface area contributed by atoms with E-state index in [1.165, 1.54) is 5.01 Å². The molecule has 0 spiro atoms. The van der Waals surface area contributed by atoms with Crippen molar-refractivity contribution < 1.29 is 4.79 Å². The lowest BCUT2D eigenvalue weighted by Crippen LogP contribution is -2.41. The molecule has 1 aromatic heterocycles. The summed E-state index contributed by atoms with van der Waals surface area (Å²) in [7, 11) is 3.49. The Morgan fingerprint density at radius 3 is 2.37 bits per heavy atom. The van der Waals surface area contributed by atoms with Crippen molar-refractivity contribution in [3.8, 4) is 0 Å². The van der Waals surface area contributed by atoms with Crippen LogP contribution in [0.15, 0.2) is 48.7 Å². The third-order valence-corrected chi connectivity index (χ3v) is 3.07. The van der Waals surface area contributed by atoms with Crippen LogP contribution >= 0.6 is 11.6 Å². The molecule has 19 heavy (non-hydrogen) atoms. The first kappa shape index (κ1) is 13.4. The van der Waals surface area contributed by atoms with E-state index in [9.17, 15) is 4.79 Å². The van der Waals surface area contributed by atoms with Gasteiger partial charge in [0.15, 0.2) is 0 Å². The van der Waals surface area contributed by atoms with Crippen molar-refractivity contribution in [3.63, 3.8) is 0 Å². The first-order valence-electron chi connectivity index (χ1n) is 5.78. The molecule has 2 rings (SSSR count). The highest BCUT2D eigenvalue weighted by Gasteiger charge is 2.16. The number of nitrogens with zero attached hydrogens (tertiary/aromatic N) is 3. The second kappa shape index (κ2) is 5.71. The smallest absolute Gasteiger partial charge is 0.269 e. The number of halogens is 1. The summed E-state index contributed by atoms with van der Waals surface area (Å²) < 4.78 is 0. The zero-order valence-electron chi connectivity index (χ0n) is 10.7. The molecule has 0 N–H and O–H groups in total. The number of hydrogen-bond donors (Lipinski definition) is 0. The number of hydrogen-bond acceptors (Lipinski definition) is 3. The standard InChI is InChI=1S/C14H14ClN3O/c1-17(13-5-3-4-10-16-13)18(2)14(19)11-6-8-12(15)9-7-11/h3-10H,1-2H3. The minimum atomic E-state index is -0.121. The third-order valence-electron chi connectivity index (χ3n) is 2.82. The third kappa shape index (κ3) is 3.03. The number of aromatic nitrogens is 1. The Labute approximate surface area is 117 Å². The summed E-state index contributed by atoms with van der Waals surface area (Å²) in [5, 5.41) is 3.81. The van der Waals surface area contributed by atoms with E-state index in [4.69, 9.17) is 11.6 Å². The van der Waals surface area contributed by atoms with Crippen molar-refractivity contribution in [2.75, 3.05) is 19.1 Å². The van der Waals surface area contributed by atoms with Crippen molar-refractivity contribution in [2.45, 2.75) is 0 Å². The Bertz CT molecular complexity index is 557. The lowest BCUT2D eigenvalue weighted by molar-refractivity contribution is 0.0785. The van der Waals surface area contributed by atoms with Crippen molar-refractivity contribution in [1.82, 2.24) is 9.99 Å². The number of pyridine rings is 1. The number of carbonyl (C=O) groups is 1. The molecule has 5 heteroatoms. The summed E-state index contributed by atoms with van der Waals surface area (Å²) in [5.74, 6) is 0.581. The zero-order chi connectivity index (χ0) is 13.8. The fraction of sp³-hybridized carbons (Fsp3) is 0.143. The Morgan fingerprint density at radius 2 is 1.79 bits per heavy atom. The zero-order valence-corrected chi connectivity index (χ0v) is 11.5. The Hall–Kier alpha value is -2.07. The van der Waals surface area contributed by atoms with E-state index in [1.54, 1.807) is 49.6 Å². The van der Waals surface area contributed by atoms with Gasteiger partial charge in [-0.1, -0.05) is 17.7 Å². The minimum Gasteiger partial charge on any atom is -0.269 e. The molecule has 0 unspecified atom stereocenters. The molecule has 1 heterocycles. The number of anilines is 1. The summed E-state index contributed by atoms with van der Waals surface area (Å²) >= 11 is 5.81. The van der Waals surface area contributed by atoms with Gasteiger partial charge in [-0.3, -0.25) is 14.8 Å². The van der Waals surface area contributed by atoms with Crippen LogP contribution in [-0.4, -0.2) is 30.0 Å². The van der Waals surface area contributed by atoms with Gasteiger partial charge in [0.1, 0.15) is 5.82 Å². The maximum absolute atomic E-state index is 12.3. The normalized spacial score (nSPS) is 10.1. The molecule has 2 aromatic rings. The van der Waals surface area contributed by atoms with Gasteiger partial charge in [-0.15, -0.1) is 0 Å². The molecule has 0 radical (unpaired) electrons. The van der Waals surface area contributed by atoms with Gasteiger partial charge in [0.05, 0.1) is 0 Å². The number of hydrazine groups is 1. The molecular formula is C14H14ClN3O. The molecule has 0 bridgehead atoms. The van der Waals surface area contributed by atoms with Gasteiger partial charge < -0.3 is 0 Å². The number of carbonyl (C=O) groups excluding carboxylic acids is 1. The molecule has 0 atom stereocenters. The van der Waals surface area contributed by atoms with Crippen LogP contribution in [0.1, 0.15) is 10.4 Å². The maximum atomic E-state index is 12.3. The highest BCUT2D eigenvalue weighted by molar-refractivity contribution is 6.30. The SMILES string of the molecule is CN(C(=O)c1ccc(Cl)cc1)N(C)c1ccccn1. The van der Waals surface area contributed by atoms with Crippen LogP contribution in [0.25, 0.3) is 0 Å². The molecule has 0 saturated carbocycles. The molecule has 0 aliphatic rings. The number of amides is 1. The number of benzene rings is 1. The maximum Gasteiger partial charge on any atom is 0.272 e. The van der Waals surface area contributed by atoms with Crippen LogP contribution in [0.5, 0.6) is 0 Å². The molecule has 1 aromatic carbocycles. The van der Waals surface area contributed by atoms with E-state index in [0.717, 1.165) is 0 Å². The predicted molar refractivity (Wildman–Crippen MR) is 76.2 cm³/mol. The molecule has 0 saturated heterocycles. The minimum absolute atomic E-state index is 0.121. The summed E-state index contributed by atoms with van der Waals surface area (Å²) in [6.07, 6.45) is 1.69. The predicted octanol–water partition coefficient (Wildman–Crippen LogP) is 2.86. The van der Waals surface area contributed by atoms with Crippen molar-refractivity contribution in [3.05, 3.63) is 59.2 Å². The van der Waals surface area contributed by atoms with Gasteiger partial charge in [0.25, 0.3) is 5.91 Å². The molecule has 0 aliphatic heterocycles. The topological polar surface area (TPSA) is 36.4 Å². The van der Waals surface area contributed by atoms with Crippen LogP contribution in [0, 0.1) is 0 Å². The Morgan fingerprint density at radius 1 is 1.11 bits per heavy atom. The highest BCUT2D eigenvalue weighted by atomic mass is 35.5. The summed E-state index contributed by atoms with van der Waals surface area (Å²) in [4.78, 5) is 16.5. The fourth-order valence-electron chi connectivity index (χ4n) is 1.61. The van der Waals surface area contributed by atoms with Crippen molar-refractivity contribution >= 4 is 23.3 Å². The molecule has 0 aliphatic carbocycles. The van der Waals surface area contributed by atoms with E-state index < -0.39 is 0 Å². The molecular weight excluding hydrogens is 262 g/mol. The largest absolute Gasteiger partial charge is 0.272 e. The Kier molecular flexibility index (Phi) is 4.02. The summed E-state index contributed by atoms with van der Waals surface area (Å²) in [6.45, 7) is 0. The first-order valence-corrected chi connectivity index (χ1v) is 6.15. The second-order valence-electron chi connectivity index (χ2n) is 4.05. The van der Waals surface area contributed by atoms with E-state index in [2.05, 4.69) is 4.98 Å². The van der Waals surface area contributed by atoms with Crippen LogP contribution in [0.4, 0.5) is 5.82 Å². The molecule has 1 amide bonds. The van der Waals surface area contributed by atoms with Crippen LogP contribution < -0.4 is 5.01 Å². The van der Waals surface area contributed by atoms with Gasteiger partial charge in [0.2, 0.25) is 0 Å². The van der Waals surface area contributed by atoms with Gasteiger partial charge in [0, 0.05) is 30.9 Å². The summed E-state index contributed by atoms with van der Waals surface area (Å²) in [6, 6.07) is 12.3. The lowest BCUT2D eigenvalue weighted by atomic mass is 10.2. The van der Waals surface area contributed by atoms with Crippen LogP contribution in [0.3, 0.4) is 0 Å². The molecule has 4 nitrogen and oxygen atoms in total. The second-order valence-corrected chi connectivity index (χ2v) is 4.48. The molecule has 0 fully saturated rings. The molecule has 98 valence electrons. The monoisotopic (exact) mass is 275 g/mol. The average Bonchev–Trinajstić information content (AvgIpc) is 2.46. The van der Waals surface area contributed by atoms with Crippen molar-refractivity contribution in [1.29, 1.82) is 0 Å². The van der Waals surface area contributed by atoms with Crippen LogP contribution in [-0.2, 0) is 0 Å². The van der Waals surface area contributed by atoms with Gasteiger partial charge >= 0.3 is 0 Å². The average molecular weight is 276 g/mol. The fourth-order valence-corrected chi connectivity index (χ4v) is 1.74. The lowest BCUT2D eigenvalue weighted by Gasteiger charge is -2.29. The van der Waals surface area contributed by atoms with E-state index in [-0.39, 0.29) is 5.91 Å². The summed E-state index contributed by atoms with van der Waals surface area (Å²) in [5.41, 5.74) is 0.578. The Balaban J connectivity index is 2.17. The van der Waals surface area contributed by atoms with E-state index >= 15 is 0 Å². The van der Waals surface area contributed by atoms with Crippen LogP contribution in [0.2, 0.25) is 5.02 Å².